The summed E-state index contributed by atoms with van der Waals surface area (Å²) in [6.07, 6.45) is 3.06. The van der Waals surface area contributed by atoms with Gasteiger partial charge in [0.15, 0.2) is 0 Å². The van der Waals surface area contributed by atoms with Crippen LogP contribution in [0.25, 0.3) is 0 Å². The zero-order valence-corrected chi connectivity index (χ0v) is 13.7. The average Bonchev–Trinajstić information content (AvgIpc) is 2.42. The summed E-state index contributed by atoms with van der Waals surface area (Å²) in [7, 11) is 0. The molecule has 1 heterocycles. The highest BCUT2D eigenvalue weighted by Crippen LogP contribution is 2.20. The van der Waals surface area contributed by atoms with Gasteiger partial charge in [-0.1, -0.05) is 18.2 Å². The third-order valence-electron chi connectivity index (χ3n) is 3.12. The summed E-state index contributed by atoms with van der Waals surface area (Å²) in [6, 6.07) is 5.90. The fourth-order valence-electron chi connectivity index (χ4n) is 2.04. The normalized spacial score (nSPS) is 11.1. The van der Waals surface area contributed by atoms with Crippen molar-refractivity contribution in [2.75, 3.05) is 10.6 Å². The lowest BCUT2D eigenvalue weighted by molar-refractivity contribution is 0.102. The summed E-state index contributed by atoms with van der Waals surface area (Å²) >= 11 is 0. The van der Waals surface area contributed by atoms with Gasteiger partial charge < -0.3 is 10.6 Å². The van der Waals surface area contributed by atoms with Gasteiger partial charge in [-0.05, 0) is 45.7 Å². The molecular weight excluding hydrogens is 276 g/mol. The number of rotatable bonds is 3. The van der Waals surface area contributed by atoms with Crippen molar-refractivity contribution in [2.45, 2.75) is 40.2 Å². The van der Waals surface area contributed by atoms with Crippen molar-refractivity contribution in [3.8, 4) is 0 Å². The predicted octanol–water partition coefficient (Wildman–Crippen LogP) is 3.56. The summed E-state index contributed by atoms with van der Waals surface area (Å²) in [5.41, 5.74) is 3.20. The third-order valence-corrected chi connectivity index (χ3v) is 3.12. The van der Waals surface area contributed by atoms with Crippen LogP contribution in [0.3, 0.4) is 0 Å². The number of carbonyl (C=O) groups is 1. The molecule has 2 rings (SSSR count). The van der Waals surface area contributed by atoms with E-state index < -0.39 is 0 Å². The molecule has 0 aliphatic carbocycles. The van der Waals surface area contributed by atoms with Gasteiger partial charge in [-0.25, -0.2) is 9.97 Å². The second kappa shape index (κ2) is 6.13. The van der Waals surface area contributed by atoms with E-state index in [4.69, 9.17) is 0 Å². The molecule has 0 atom stereocenters. The Bertz CT molecular complexity index is 652. The van der Waals surface area contributed by atoms with Gasteiger partial charge in [-0.3, -0.25) is 4.79 Å². The molecule has 1 aromatic heterocycles. The van der Waals surface area contributed by atoms with Crippen molar-refractivity contribution >= 4 is 17.5 Å². The topological polar surface area (TPSA) is 66.9 Å². The monoisotopic (exact) mass is 298 g/mol. The van der Waals surface area contributed by atoms with Crippen LogP contribution in [0.5, 0.6) is 0 Å². The molecule has 1 amide bonds. The fourth-order valence-corrected chi connectivity index (χ4v) is 2.04. The smallest absolute Gasteiger partial charge is 0.258 e. The van der Waals surface area contributed by atoms with Crippen molar-refractivity contribution in [1.29, 1.82) is 0 Å². The number of nitrogens with one attached hydrogen (secondary N) is 2. The van der Waals surface area contributed by atoms with E-state index in [-0.39, 0.29) is 11.4 Å². The van der Waals surface area contributed by atoms with Crippen molar-refractivity contribution in [2.24, 2.45) is 0 Å². The second-order valence-electron chi connectivity index (χ2n) is 6.39. The molecule has 5 nitrogen and oxygen atoms in total. The molecule has 0 unspecified atom stereocenters. The lowest BCUT2D eigenvalue weighted by atomic mass is 10.1. The number of aryl methyl sites for hydroxylation is 2. The number of benzene rings is 1. The van der Waals surface area contributed by atoms with Crippen LogP contribution >= 0.6 is 0 Å². The zero-order valence-electron chi connectivity index (χ0n) is 13.7. The molecule has 0 fully saturated rings. The van der Waals surface area contributed by atoms with Gasteiger partial charge in [-0.15, -0.1) is 0 Å². The van der Waals surface area contributed by atoms with E-state index in [0.29, 0.717) is 11.5 Å². The molecule has 0 radical (unpaired) electrons. The summed E-state index contributed by atoms with van der Waals surface area (Å²) < 4.78 is 0. The maximum Gasteiger partial charge on any atom is 0.258 e. The molecule has 0 spiro atoms. The SMILES string of the molecule is Cc1cccc(C)c1NC(=O)c1cnc(NC(C)(C)C)nc1. The number of para-hydroxylation sites is 1. The largest absolute Gasteiger partial charge is 0.350 e. The highest BCUT2D eigenvalue weighted by molar-refractivity contribution is 6.04. The Morgan fingerprint density at radius 1 is 1.05 bits per heavy atom. The van der Waals surface area contributed by atoms with Gasteiger partial charge in [0.2, 0.25) is 5.95 Å². The quantitative estimate of drug-likeness (QED) is 0.909. The first-order valence-electron chi connectivity index (χ1n) is 7.24. The first-order valence-corrected chi connectivity index (χ1v) is 7.24. The minimum Gasteiger partial charge on any atom is -0.350 e. The molecule has 0 aliphatic rings. The van der Waals surface area contributed by atoms with Crippen LogP contribution in [-0.4, -0.2) is 21.4 Å². The fraction of sp³-hybridized carbons (Fsp3) is 0.353. The van der Waals surface area contributed by atoms with Crippen molar-refractivity contribution < 1.29 is 4.79 Å². The molecule has 2 N–H and O–H groups in total. The molecule has 5 heteroatoms. The molecule has 0 aliphatic heterocycles. The lowest BCUT2D eigenvalue weighted by Gasteiger charge is -2.20. The Kier molecular flexibility index (Phi) is 4.45. The maximum absolute atomic E-state index is 12.3. The number of aromatic nitrogens is 2. The molecular formula is C17H22N4O. The van der Waals surface area contributed by atoms with Crippen LogP contribution in [0.2, 0.25) is 0 Å². The van der Waals surface area contributed by atoms with Crippen LogP contribution in [0.15, 0.2) is 30.6 Å². The molecule has 0 bridgehead atoms. The van der Waals surface area contributed by atoms with Gasteiger partial charge in [0.25, 0.3) is 5.91 Å². The van der Waals surface area contributed by atoms with Crippen LogP contribution in [0.4, 0.5) is 11.6 Å². The minimum atomic E-state index is -0.209. The first kappa shape index (κ1) is 15.9. The third kappa shape index (κ3) is 4.04. The minimum absolute atomic E-state index is 0.123. The standard InChI is InChI=1S/C17H22N4O/c1-11-7-6-8-12(2)14(11)20-15(22)13-9-18-16(19-10-13)21-17(3,4)5/h6-10H,1-5H3,(H,20,22)(H,18,19,21). The van der Waals surface area contributed by atoms with E-state index in [1.807, 2.05) is 52.8 Å². The van der Waals surface area contributed by atoms with Crippen molar-refractivity contribution in [3.63, 3.8) is 0 Å². The molecule has 2 aromatic rings. The highest BCUT2D eigenvalue weighted by Gasteiger charge is 2.13. The van der Waals surface area contributed by atoms with Gasteiger partial charge in [0.1, 0.15) is 0 Å². The van der Waals surface area contributed by atoms with Gasteiger partial charge >= 0.3 is 0 Å². The Labute approximate surface area is 131 Å². The Morgan fingerprint density at radius 3 is 2.09 bits per heavy atom. The number of amides is 1. The summed E-state index contributed by atoms with van der Waals surface area (Å²) in [5.74, 6) is 0.302. The maximum atomic E-state index is 12.3. The molecule has 116 valence electrons. The number of hydrogen-bond acceptors (Lipinski definition) is 4. The van der Waals surface area contributed by atoms with Crippen LogP contribution in [0, 0.1) is 13.8 Å². The van der Waals surface area contributed by atoms with E-state index in [2.05, 4.69) is 20.6 Å². The Morgan fingerprint density at radius 2 is 1.59 bits per heavy atom. The number of carbonyl (C=O) groups excluding carboxylic acids is 1. The lowest BCUT2D eigenvalue weighted by Crippen LogP contribution is -2.27. The van der Waals surface area contributed by atoms with Crippen LogP contribution in [0.1, 0.15) is 42.3 Å². The zero-order chi connectivity index (χ0) is 16.3. The van der Waals surface area contributed by atoms with E-state index >= 15 is 0 Å². The van der Waals surface area contributed by atoms with Crippen molar-refractivity contribution in [1.82, 2.24) is 9.97 Å². The van der Waals surface area contributed by atoms with Crippen LogP contribution < -0.4 is 10.6 Å². The van der Waals surface area contributed by atoms with Crippen molar-refractivity contribution in [3.05, 3.63) is 47.3 Å². The number of nitrogens with zero attached hydrogens (tertiary/aromatic N) is 2. The highest BCUT2D eigenvalue weighted by atomic mass is 16.1. The van der Waals surface area contributed by atoms with Gasteiger partial charge in [0.05, 0.1) is 5.56 Å². The first-order chi connectivity index (χ1) is 10.3. The summed E-state index contributed by atoms with van der Waals surface area (Å²) in [5, 5.41) is 6.08. The predicted molar refractivity (Wildman–Crippen MR) is 89.3 cm³/mol. The molecule has 22 heavy (non-hydrogen) atoms. The average molecular weight is 298 g/mol. The Hall–Kier alpha value is -2.43. The van der Waals surface area contributed by atoms with E-state index in [0.717, 1.165) is 16.8 Å². The summed E-state index contributed by atoms with van der Waals surface area (Å²) in [4.78, 5) is 20.7. The molecule has 0 saturated carbocycles. The van der Waals surface area contributed by atoms with E-state index in [1.165, 1.54) is 12.4 Å². The molecule has 1 aromatic carbocycles. The van der Waals surface area contributed by atoms with E-state index in [1.54, 1.807) is 0 Å². The van der Waals surface area contributed by atoms with E-state index in [9.17, 15) is 4.79 Å². The number of anilines is 2. The van der Waals surface area contributed by atoms with Gasteiger partial charge in [0, 0.05) is 23.6 Å². The van der Waals surface area contributed by atoms with Gasteiger partial charge in [-0.2, -0.15) is 0 Å². The molecule has 0 saturated heterocycles. The van der Waals surface area contributed by atoms with Crippen LogP contribution in [-0.2, 0) is 0 Å². The Balaban J connectivity index is 2.13. The summed E-state index contributed by atoms with van der Waals surface area (Å²) in [6.45, 7) is 10.0. The number of hydrogen-bond donors (Lipinski definition) is 2. The second-order valence-corrected chi connectivity index (χ2v) is 6.39.